The van der Waals surface area contributed by atoms with Crippen LogP contribution in [0.3, 0.4) is 0 Å². The molecule has 2 aromatic carbocycles. The second kappa shape index (κ2) is 9.96. The fourth-order valence-corrected chi connectivity index (χ4v) is 7.11. The molecule has 184 valence electrons. The monoisotopic (exact) mass is 485 g/mol. The summed E-state index contributed by atoms with van der Waals surface area (Å²) in [7, 11) is -3.90. The summed E-state index contributed by atoms with van der Waals surface area (Å²) in [6, 6.07) is 9.05. The summed E-state index contributed by atoms with van der Waals surface area (Å²) < 4.78 is 29.6. The van der Waals surface area contributed by atoms with Gasteiger partial charge in [0.2, 0.25) is 0 Å². The molecule has 0 unspecified atom stereocenters. The Morgan fingerprint density at radius 2 is 1.56 bits per heavy atom. The quantitative estimate of drug-likeness (QED) is 0.623. The molecule has 8 heteroatoms. The molecule has 34 heavy (non-hydrogen) atoms. The summed E-state index contributed by atoms with van der Waals surface area (Å²) in [5.74, 6) is -1.09. The molecule has 1 heterocycles. The van der Waals surface area contributed by atoms with Gasteiger partial charge < -0.3 is 10.0 Å². The number of nitrogens with one attached hydrogen (secondary N) is 1. The van der Waals surface area contributed by atoms with E-state index in [4.69, 9.17) is 0 Å². The standard InChI is InChI=1S/C26H35N3O4S/c1-18-15-19(2)25(20(3)16-18)34(32,33)27-23-17-21(26(30)31)9-10-24(23)29-13-11-28(12-14-29)22-7-5-4-6-8-22/h9-10,15-17,22,27H,4-8,11-14H2,1-3H3,(H,30,31). The van der Waals surface area contributed by atoms with E-state index in [0.717, 1.165) is 37.4 Å². The second-order valence-corrected chi connectivity index (χ2v) is 11.3. The van der Waals surface area contributed by atoms with Gasteiger partial charge in [-0.05, 0) is 62.9 Å². The van der Waals surface area contributed by atoms with Gasteiger partial charge in [0.25, 0.3) is 10.0 Å². The largest absolute Gasteiger partial charge is 0.478 e. The molecule has 0 radical (unpaired) electrons. The fourth-order valence-electron chi connectivity index (χ4n) is 5.59. The lowest BCUT2D eigenvalue weighted by Gasteiger charge is -2.42. The van der Waals surface area contributed by atoms with Crippen LogP contribution in [0.25, 0.3) is 0 Å². The maximum Gasteiger partial charge on any atom is 0.335 e. The zero-order chi connectivity index (χ0) is 24.5. The van der Waals surface area contributed by atoms with Gasteiger partial charge in [-0.25, -0.2) is 13.2 Å². The maximum atomic E-state index is 13.4. The summed E-state index contributed by atoms with van der Waals surface area (Å²) in [6.07, 6.45) is 6.44. The Morgan fingerprint density at radius 1 is 0.941 bits per heavy atom. The van der Waals surface area contributed by atoms with Crippen molar-refractivity contribution in [3.8, 4) is 0 Å². The Balaban J connectivity index is 1.61. The van der Waals surface area contributed by atoms with Crippen LogP contribution in [0.2, 0.25) is 0 Å². The molecule has 0 amide bonds. The Labute approximate surface area is 202 Å². The van der Waals surface area contributed by atoms with Crippen molar-refractivity contribution in [1.29, 1.82) is 0 Å². The highest BCUT2D eigenvalue weighted by molar-refractivity contribution is 7.92. The predicted molar refractivity (Wildman–Crippen MR) is 136 cm³/mol. The topological polar surface area (TPSA) is 89.9 Å². The molecule has 1 aliphatic heterocycles. The van der Waals surface area contributed by atoms with Crippen molar-refractivity contribution in [3.63, 3.8) is 0 Å². The van der Waals surface area contributed by atoms with Crippen molar-refractivity contribution < 1.29 is 18.3 Å². The average molecular weight is 486 g/mol. The molecule has 4 rings (SSSR count). The van der Waals surface area contributed by atoms with Crippen LogP contribution < -0.4 is 9.62 Å². The molecule has 7 nitrogen and oxygen atoms in total. The normalized spacial score (nSPS) is 18.1. The van der Waals surface area contributed by atoms with E-state index in [-0.39, 0.29) is 10.5 Å². The van der Waals surface area contributed by atoms with Crippen LogP contribution >= 0.6 is 0 Å². The molecule has 0 aromatic heterocycles. The van der Waals surface area contributed by atoms with Crippen molar-refractivity contribution in [2.45, 2.75) is 63.8 Å². The molecule has 2 aromatic rings. The Bertz CT molecular complexity index is 1140. The number of sulfonamides is 1. The molecule has 1 saturated carbocycles. The van der Waals surface area contributed by atoms with Crippen LogP contribution in [-0.2, 0) is 10.0 Å². The fraction of sp³-hybridized carbons (Fsp3) is 0.500. The van der Waals surface area contributed by atoms with Crippen LogP contribution in [0.5, 0.6) is 0 Å². The number of rotatable bonds is 6. The van der Waals surface area contributed by atoms with Crippen LogP contribution in [0, 0.1) is 20.8 Å². The number of carbonyl (C=O) groups is 1. The van der Waals surface area contributed by atoms with E-state index in [1.54, 1.807) is 26.0 Å². The van der Waals surface area contributed by atoms with Crippen molar-refractivity contribution in [2.75, 3.05) is 35.8 Å². The highest BCUT2D eigenvalue weighted by atomic mass is 32.2. The van der Waals surface area contributed by atoms with E-state index < -0.39 is 16.0 Å². The van der Waals surface area contributed by atoms with Crippen LogP contribution in [0.4, 0.5) is 11.4 Å². The minimum Gasteiger partial charge on any atom is -0.478 e. The van der Waals surface area contributed by atoms with Crippen LogP contribution in [0.1, 0.15) is 59.2 Å². The smallest absolute Gasteiger partial charge is 0.335 e. The summed E-state index contributed by atoms with van der Waals surface area (Å²) in [5.41, 5.74) is 3.42. The van der Waals surface area contributed by atoms with Gasteiger partial charge in [0.05, 0.1) is 21.8 Å². The predicted octanol–water partition coefficient (Wildman–Crippen LogP) is 4.57. The SMILES string of the molecule is Cc1cc(C)c(S(=O)(=O)Nc2cc(C(=O)O)ccc2N2CCN(C3CCCCC3)CC2)c(C)c1. The molecule has 2 aliphatic rings. The molecule has 1 aliphatic carbocycles. The van der Waals surface area contributed by atoms with Gasteiger partial charge in [0, 0.05) is 32.2 Å². The molecular formula is C26H35N3O4S. The van der Waals surface area contributed by atoms with Gasteiger partial charge in [-0.1, -0.05) is 37.0 Å². The number of nitrogens with zero attached hydrogens (tertiary/aromatic N) is 2. The molecular weight excluding hydrogens is 450 g/mol. The first-order valence-electron chi connectivity index (χ1n) is 12.1. The number of carboxylic acid groups (broad SMARTS) is 1. The van der Waals surface area contributed by atoms with Gasteiger partial charge in [0.15, 0.2) is 0 Å². The summed E-state index contributed by atoms with van der Waals surface area (Å²) >= 11 is 0. The highest BCUT2D eigenvalue weighted by Crippen LogP contribution is 2.33. The van der Waals surface area contributed by atoms with E-state index in [1.807, 2.05) is 19.1 Å². The van der Waals surface area contributed by atoms with Crippen molar-refractivity contribution in [3.05, 3.63) is 52.6 Å². The molecule has 2 fully saturated rings. The second-order valence-electron chi connectivity index (χ2n) is 9.69. The number of carboxylic acids is 1. The number of hydrogen-bond acceptors (Lipinski definition) is 5. The summed E-state index contributed by atoms with van der Waals surface area (Å²) in [4.78, 5) is 16.6. The molecule has 2 N–H and O–H groups in total. The van der Waals surface area contributed by atoms with Gasteiger partial charge >= 0.3 is 5.97 Å². The first-order chi connectivity index (χ1) is 16.2. The average Bonchev–Trinajstić information content (AvgIpc) is 2.78. The lowest BCUT2D eigenvalue weighted by atomic mass is 9.94. The third-order valence-electron chi connectivity index (χ3n) is 7.11. The van der Waals surface area contributed by atoms with Gasteiger partial charge in [-0.15, -0.1) is 0 Å². The summed E-state index contributed by atoms with van der Waals surface area (Å²) in [5, 5.41) is 9.53. The Hall–Kier alpha value is -2.58. The summed E-state index contributed by atoms with van der Waals surface area (Å²) in [6.45, 7) is 8.91. The molecule has 1 saturated heterocycles. The lowest BCUT2D eigenvalue weighted by Crippen LogP contribution is -2.51. The number of anilines is 2. The van der Waals surface area contributed by atoms with Crippen molar-refractivity contribution in [1.82, 2.24) is 4.90 Å². The Morgan fingerprint density at radius 3 is 2.15 bits per heavy atom. The van der Waals surface area contributed by atoms with Gasteiger partial charge in [0.1, 0.15) is 0 Å². The number of aryl methyl sites for hydroxylation is 3. The number of aromatic carboxylic acids is 1. The highest BCUT2D eigenvalue weighted by Gasteiger charge is 2.28. The Kier molecular flexibility index (Phi) is 7.19. The maximum absolute atomic E-state index is 13.4. The minimum absolute atomic E-state index is 0.0552. The van der Waals surface area contributed by atoms with E-state index in [9.17, 15) is 18.3 Å². The first kappa shape index (κ1) is 24.5. The van der Waals surface area contributed by atoms with E-state index >= 15 is 0 Å². The van der Waals surface area contributed by atoms with Crippen molar-refractivity contribution >= 4 is 27.4 Å². The zero-order valence-corrected chi connectivity index (χ0v) is 21.1. The molecule has 0 bridgehead atoms. The number of piperazine rings is 1. The van der Waals surface area contributed by atoms with Gasteiger partial charge in [-0.3, -0.25) is 9.62 Å². The van der Waals surface area contributed by atoms with E-state index in [2.05, 4.69) is 14.5 Å². The van der Waals surface area contributed by atoms with Crippen LogP contribution in [-0.4, -0.2) is 56.6 Å². The van der Waals surface area contributed by atoms with Crippen LogP contribution in [0.15, 0.2) is 35.2 Å². The van der Waals surface area contributed by atoms with Crippen molar-refractivity contribution in [2.24, 2.45) is 0 Å². The molecule has 0 spiro atoms. The zero-order valence-electron chi connectivity index (χ0n) is 20.3. The number of benzene rings is 2. The lowest BCUT2D eigenvalue weighted by molar-refractivity contribution is 0.0697. The van der Waals surface area contributed by atoms with Gasteiger partial charge in [-0.2, -0.15) is 0 Å². The molecule has 0 atom stereocenters. The van der Waals surface area contributed by atoms with E-state index in [1.165, 1.54) is 38.2 Å². The first-order valence-corrected chi connectivity index (χ1v) is 13.6. The third-order valence-corrected chi connectivity index (χ3v) is 8.78. The minimum atomic E-state index is -3.90. The van der Waals surface area contributed by atoms with E-state index in [0.29, 0.717) is 22.9 Å². The number of hydrogen-bond donors (Lipinski definition) is 2. The third kappa shape index (κ3) is 5.23.